The van der Waals surface area contributed by atoms with Crippen molar-refractivity contribution in [3.05, 3.63) is 52.6 Å². The summed E-state index contributed by atoms with van der Waals surface area (Å²) in [5, 5.41) is 3.01. The Kier molecular flexibility index (Phi) is 3.79. The normalized spacial score (nSPS) is 10.6. The summed E-state index contributed by atoms with van der Waals surface area (Å²) in [6.45, 7) is 4.53. The number of halogens is 1. The SMILES string of the molecule is Cc1cc(CNc2cc(C(N)=O)ccc2F)c(C)n1C. The quantitative estimate of drug-likeness (QED) is 0.900. The van der Waals surface area contributed by atoms with Crippen LogP contribution in [0.1, 0.15) is 27.3 Å². The number of nitrogens with one attached hydrogen (secondary N) is 1. The number of amides is 1. The minimum Gasteiger partial charge on any atom is -0.379 e. The zero-order valence-corrected chi connectivity index (χ0v) is 11.8. The summed E-state index contributed by atoms with van der Waals surface area (Å²) in [6.07, 6.45) is 0. The fourth-order valence-corrected chi connectivity index (χ4v) is 2.12. The van der Waals surface area contributed by atoms with E-state index in [4.69, 9.17) is 5.73 Å². The standard InChI is InChI=1S/C15H18FN3O/c1-9-6-12(10(2)19(9)3)8-18-14-7-11(15(17)20)4-5-13(14)16/h4-7,18H,8H2,1-3H3,(H2,17,20). The van der Waals surface area contributed by atoms with Gasteiger partial charge in [0, 0.05) is 30.5 Å². The number of hydrogen-bond donors (Lipinski definition) is 2. The lowest BCUT2D eigenvalue weighted by molar-refractivity contribution is 0.100. The van der Waals surface area contributed by atoms with Crippen LogP contribution in [0.25, 0.3) is 0 Å². The van der Waals surface area contributed by atoms with Gasteiger partial charge in [0.2, 0.25) is 5.91 Å². The number of nitrogens with zero attached hydrogens (tertiary/aromatic N) is 1. The maximum atomic E-state index is 13.7. The number of aryl methyl sites for hydroxylation is 1. The first-order valence-electron chi connectivity index (χ1n) is 6.35. The smallest absolute Gasteiger partial charge is 0.248 e. The fourth-order valence-electron chi connectivity index (χ4n) is 2.12. The van der Waals surface area contributed by atoms with Gasteiger partial charge in [-0.15, -0.1) is 0 Å². The van der Waals surface area contributed by atoms with Gasteiger partial charge in [-0.25, -0.2) is 4.39 Å². The molecule has 4 nitrogen and oxygen atoms in total. The molecule has 3 N–H and O–H groups in total. The first kappa shape index (κ1) is 14.1. The van der Waals surface area contributed by atoms with E-state index in [1.807, 2.05) is 20.9 Å². The van der Waals surface area contributed by atoms with E-state index in [2.05, 4.69) is 16.0 Å². The van der Waals surface area contributed by atoms with Gasteiger partial charge in [-0.2, -0.15) is 0 Å². The second-order valence-electron chi connectivity index (χ2n) is 4.87. The highest BCUT2D eigenvalue weighted by Gasteiger charge is 2.09. The van der Waals surface area contributed by atoms with E-state index >= 15 is 0 Å². The minimum atomic E-state index is -0.570. The molecule has 0 spiro atoms. The van der Waals surface area contributed by atoms with Gasteiger partial charge in [0.1, 0.15) is 5.82 Å². The van der Waals surface area contributed by atoms with Crippen LogP contribution in [0.15, 0.2) is 24.3 Å². The maximum Gasteiger partial charge on any atom is 0.248 e. The molecule has 0 saturated carbocycles. The van der Waals surface area contributed by atoms with Gasteiger partial charge in [-0.05, 0) is 43.7 Å². The summed E-state index contributed by atoms with van der Waals surface area (Å²) in [4.78, 5) is 11.1. The molecule has 0 unspecified atom stereocenters. The van der Waals surface area contributed by atoms with Crippen LogP contribution in [-0.2, 0) is 13.6 Å². The molecule has 20 heavy (non-hydrogen) atoms. The number of anilines is 1. The van der Waals surface area contributed by atoms with E-state index in [1.54, 1.807) is 0 Å². The third-order valence-corrected chi connectivity index (χ3v) is 3.60. The lowest BCUT2D eigenvalue weighted by Gasteiger charge is -2.09. The Hall–Kier alpha value is -2.30. The molecule has 0 saturated heterocycles. The van der Waals surface area contributed by atoms with Gasteiger partial charge in [0.15, 0.2) is 0 Å². The number of rotatable bonds is 4. The topological polar surface area (TPSA) is 60.0 Å². The minimum absolute atomic E-state index is 0.280. The molecular formula is C15H18FN3O. The van der Waals surface area contributed by atoms with Crippen molar-refractivity contribution in [2.75, 3.05) is 5.32 Å². The molecular weight excluding hydrogens is 257 g/mol. The lowest BCUT2D eigenvalue weighted by Crippen LogP contribution is -2.12. The van der Waals surface area contributed by atoms with Gasteiger partial charge in [0.25, 0.3) is 0 Å². The molecule has 1 aromatic carbocycles. The molecule has 0 aliphatic rings. The van der Waals surface area contributed by atoms with Gasteiger partial charge in [-0.3, -0.25) is 4.79 Å². The zero-order chi connectivity index (χ0) is 14.9. The van der Waals surface area contributed by atoms with Crippen LogP contribution in [0, 0.1) is 19.7 Å². The number of primary amides is 1. The summed E-state index contributed by atoms with van der Waals surface area (Å²) < 4.78 is 15.8. The molecule has 2 rings (SSSR count). The van der Waals surface area contributed by atoms with Crippen LogP contribution in [-0.4, -0.2) is 10.5 Å². The van der Waals surface area contributed by atoms with E-state index in [-0.39, 0.29) is 11.3 Å². The van der Waals surface area contributed by atoms with Crippen molar-refractivity contribution < 1.29 is 9.18 Å². The van der Waals surface area contributed by atoms with Crippen molar-refractivity contribution in [2.45, 2.75) is 20.4 Å². The Morgan fingerprint density at radius 2 is 2.05 bits per heavy atom. The summed E-state index contributed by atoms with van der Waals surface area (Å²) in [5.41, 5.74) is 9.12. The van der Waals surface area contributed by atoms with E-state index in [1.165, 1.54) is 18.2 Å². The predicted molar refractivity (Wildman–Crippen MR) is 77.1 cm³/mol. The van der Waals surface area contributed by atoms with Crippen molar-refractivity contribution in [1.82, 2.24) is 4.57 Å². The average molecular weight is 275 g/mol. The highest BCUT2D eigenvalue weighted by molar-refractivity contribution is 5.93. The average Bonchev–Trinajstić information content (AvgIpc) is 2.65. The van der Waals surface area contributed by atoms with Crippen LogP contribution >= 0.6 is 0 Å². The Labute approximate surface area is 117 Å². The Balaban J connectivity index is 2.20. The van der Waals surface area contributed by atoms with E-state index < -0.39 is 11.7 Å². The van der Waals surface area contributed by atoms with Crippen LogP contribution in [0.2, 0.25) is 0 Å². The second-order valence-corrected chi connectivity index (χ2v) is 4.87. The predicted octanol–water partition coefficient (Wildman–Crippen LogP) is 2.49. The molecule has 0 atom stereocenters. The Morgan fingerprint density at radius 1 is 1.35 bits per heavy atom. The van der Waals surface area contributed by atoms with Crippen molar-refractivity contribution in [1.29, 1.82) is 0 Å². The molecule has 0 fully saturated rings. The van der Waals surface area contributed by atoms with Crippen molar-refractivity contribution in [2.24, 2.45) is 12.8 Å². The maximum absolute atomic E-state index is 13.7. The Bertz CT molecular complexity index is 661. The van der Waals surface area contributed by atoms with Gasteiger partial charge >= 0.3 is 0 Å². The number of aromatic nitrogens is 1. The van der Waals surface area contributed by atoms with Crippen LogP contribution in [0.3, 0.4) is 0 Å². The largest absolute Gasteiger partial charge is 0.379 e. The molecule has 1 aromatic heterocycles. The number of nitrogens with two attached hydrogens (primary N) is 1. The number of benzene rings is 1. The first-order valence-corrected chi connectivity index (χ1v) is 6.35. The molecule has 106 valence electrons. The first-order chi connectivity index (χ1) is 9.40. The highest BCUT2D eigenvalue weighted by Crippen LogP contribution is 2.19. The van der Waals surface area contributed by atoms with E-state index in [0.717, 1.165) is 17.0 Å². The van der Waals surface area contributed by atoms with Crippen molar-refractivity contribution >= 4 is 11.6 Å². The van der Waals surface area contributed by atoms with Crippen LogP contribution < -0.4 is 11.1 Å². The van der Waals surface area contributed by atoms with Crippen LogP contribution in [0.4, 0.5) is 10.1 Å². The van der Waals surface area contributed by atoms with E-state index in [0.29, 0.717) is 6.54 Å². The fraction of sp³-hybridized carbons (Fsp3) is 0.267. The Morgan fingerprint density at radius 3 is 2.60 bits per heavy atom. The van der Waals surface area contributed by atoms with Gasteiger partial charge in [0.05, 0.1) is 5.69 Å². The number of carbonyl (C=O) groups excluding carboxylic acids is 1. The molecule has 0 radical (unpaired) electrons. The van der Waals surface area contributed by atoms with E-state index in [9.17, 15) is 9.18 Å². The monoisotopic (exact) mass is 275 g/mol. The third kappa shape index (κ3) is 2.66. The summed E-state index contributed by atoms with van der Waals surface area (Å²) >= 11 is 0. The number of hydrogen-bond acceptors (Lipinski definition) is 2. The third-order valence-electron chi connectivity index (χ3n) is 3.60. The molecule has 1 amide bonds. The molecule has 0 aliphatic heterocycles. The molecule has 0 aliphatic carbocycles. The van der Waals surface area contributed by atoms with Crippen molar-refractivity contribution in [3.63, 3.8) is 0 Å². The lowest BCUT2D eigenvalue weighted by atomic mass is 10.1. The zero-order valence-electron chi connectivity index (χ0n) is 11.8. The summed E-state index contributed by atoms with van der Waals surface area (Å²) in [6, 6.07) is 6.10. The molecule has 2 aromatic rings. The summed E-state index contributed by atoms with van der Waals surface area (Å²) in [5.74, 6) is -0.972. The van der Waals surface area contributed by atoms with Crippen LogP contribution in [0.5, 0.6) is 0 Å². The molecule has 1 heterocycles. The van der Waals surface area contributed by atoms with Gasteiger partial charge < -0.3 is 15.6 Å². The second kappa shape index (κ2) is 5.36. The molecule has 5 heteroatoms. The summed E-state index contributed by atoms with van der Waals surface area (Å²) in [7, 11) is 1.99. The highest BCUT2D eigenvalue weighted by atomic mass is 19.1. The molecule has 0 bridgehead atoms. The number of carbonyl (C=O) groups is 1. The van der Waals surface area contributed by atoms with Crippen molar-refractivity contribution in [3.8, 4) is 0 Å². The van der Waals surface area contributed by atoms with Gasteiger partial charge in [-0.1, -0.05) is 0 Å².